The van der Waals surface area contributed by atoms with Crippen LogP contribution in [0, 0.1) is 0 Å². The van der Waals surface area contributed by atoms with Crippen LogP contribution in [0.15, 0.2) is 24.3 Å². The highest BCUT2D eigenvalue weighted by Gasteiger charge is 2.16. The van der Waals surface area contributed by atoms with E-state index in [1.54, 1.807) is 0 Å². The van der Waals surface area contributed by atoms with Crippen LogP contribution in [-0.2, 0) is 15.0 Å². The minimum Gasteiger partial charge on any atom is -0.462 e. The fourth-order valence-corrected chi connectivity index (χ4v) is 1.74. The summed E-state index contributed by atoms with van der Waals surface area (Å²) in [6, 6.07) is 5.76. The van der Waals surface area contributed by atoms with Crippen molar-refractivity contribution in [3.63, 3.8) is 0 Å². The molecule has 0 aromatic heterocycles. The first-order valence-corrected chi connectivity index (χ1v) is 7.62. The topological polar surface area (TPSA) is 72.9 Å². The van der Waals surface area contributed by atoms with Crippen molar-refractivity contribution in [1.82, 2.24) is 4.31 Å². The van der Waals surface area contributed by atoms with Crippen LogP contribution in [0.4, 0.5) is 0 Å². The molecule has 0 aliphatic rings. The maximum Gasteiger partial charge on any atom is 0.384 e. The molecule has 0 radical (unpaired) electrons. The smallest absolute Gasteiger partial charge is 0.384 e. The summed E-state index contributed by atoms with van der Waals surface area (Å²) >= 11 is 0. The molecule has 1 rings (SSSR count). The SMILES string of the molecule is CCCCOC(=O)c1ccc(OS(=O)(=O)N(C)C)cc1. The third kappa shape index (κ3) is 4.82. The Balaban J connectivity index is 2.67. The highest BCUT2D eigenvalue weighted by Crippen LogP contribution is 2.16. The van der Waals surface area contributed by atoms with Gasteiger partial charge >= 0.3 is 16.3 Å². The van der Waals surface area contributed by atoms with E-state index in [0.29, 0.717) is 12.2 Å². The molecule has 0 aliphatic carbocycles. The Morgan fingerprint density at radius 3 is 2.30 bits per heavy atom. The first-order valence-electron chi connectivity index (χ1n) is 6.26. The zero-order valence-electron chi connectivity index (χ0n) is 11.8. The number of rotatable bonds is 7. The van der Waals surface area contributed by atoms with Crippen molar-refractivity contribution in [2.75, 3.05) is 20.7 Å². The lowest BCUT2D eigenvalue weighted by atomic mass is 10.2. The van der Waals surface area contributed by atoms with Crippen LogP contribution in [-0.4, -0.2) is 39.4 Å². The number of benzene rings is 1. The summed E-state index contributed by atoms with van der Waals surface area (Å²) in [6.07, 6.45) is 1.76. The van der Waals surface area contributed by atoms with Gasteiger partial charge in [-0.05, 0) is 30.7 Å². The number of nitrogens with zero attached hydrogens (tertiary/aromatic N) is 1. The van der Waals surface area contributed by atoms with Crippen molar-refractivity contribution in [3.05, 3.63) is 29.8 Å². The van der Waals surface area contributed by atoms with E-state index in [1.807, 2.05) is 6.92 Å². The van der Waals surface area contributed by atoms with Gasteiger partial charge in [0.2, 0.25) is 0 Å². The lowest BCUT2D eigenvalue weighted by Gasteiger charge is -2.12. The first kappa shape index (κ1) is 16.5. The molecule has 0 aliphatic heterocycles. The predicted molar refractivity (Wildman–Crippen MR) is 74.9 cm³/mol. The fraction of sp³-hybridized carbons (Fsp3) is 0.462. The van der Waals surface area contributed by atoms with Crippen molar-refractivity contribution < 1.29 is 22.1 Å². The second kappa shape index (κ2) is 7.25. The van der Waals surface area contributed by atoms with Gasteiger partial charge in [-0.1, -0.05) is 13.3 Å². The molecule has 6 nitrogen and oxygen atoms in total. The van der Waals surface area contributed by atoms with Crippen LogP contribution >= 0.6 is 0 Å². The fourth-order valence-electron chi connectivity index (χ4n) is 1.24. The predicted octanol–water partition coefficient (Wildman–Crippen LogP) is 1.83. The Bertz CT molecular complexity index is 536. The normalized spacial score (nSPS) is 11.4. The maximum atomic E-state index is 11.6. The van der Waals surface area contributed by atoms with Gasteiger partial charge in [-0.3, -0.25) is 0 Å². The van der Waals surface area contributed by atoms with E-state index in [-0.39, 0.29) is 5.75 Å². The van der Waals surface area contributed by atoms with Gasteiger partial charge in [0.05, 0.1) is 12.2 Å². The summed E-state index contributed by atoms with van der Waals surface area (Å²) in [7, 11) is -1.05. The van der Waals surface area contributed by atoms with Gasteiger partial charge in [0.1, 0.15) is 5.75 Å². The molecular formula is C13H19NO5S. The molecule has 20 heavy (non-hydrogen) atoms. The minimum absolute atomic E-state index is 0.142. The molecule has 0 saturated heterocycles. The summed E-state index contributed by atoms with van der Waals surface area (Å²) in [5.74, 6) is -0.288. The Hall–Kier alpha value is -1.60. The molecule has 0 spiro atoms. The van der Waals surface area contributed by atoms with Crippen LogP contribution in [0.3, 0.4) is 0 Å². The van der Waals surface area contributed by atoms with E-state index in [9.17, 15) is 13.2 Å². The van der Waals surface area contributed by atoms with Gasteiger partial charge in [0, 0.05) is 14.1 Å². The lowest BCUT2D eigenvalue weighted by molar-refractivity contribution is 0.0500. The molecular weight excluding hydrogens is 282 g/mol. The lowest BCUT2D eigenvalue weighted by Crippen LogP contribution is -2.27. The molecule has 0 saturated carbocycles. The Kier molecular flexibility index (Phi) is 5.97. The van der Waals surface area contributed by atoms with Crippen molar-refractivity contribution >= 4 is 16.3 Å². The van der Waals surface area contributed by atoms with Gasteiger partial charge in [-0.25, -0.2) is 4.79 Å². The van der Waals surface area contributed by atoms with Gasteiger partial charge in [-0.15, -0.1) is 0 Å². The Morgan fingerprint density at radius 1 is 1.20 bits per heavy atom. The van der Waals surface area contributed by atoms with Crippen LogP contribution in [0.2, 0.25) is 0 Å². The highest BCUT2D eigenvalue weighted by atomic mass is 32.2. The Morgan fingerprint density at radius 2 is 1.80 bits per heavy atom. The number of carbonyl (C=O) groups excluding carboxylic acids is 1. The second-order valence-electron chi connectivity index (χ2n) is 4.34. The van der Waals surface area contributed by atoms with Crippen molar-refractivity contribution in [2.24, 2.45) is 0 Å². The van der Waals surface area contributed by atoms with Crippen LogP contribution in [0.5, 0.6) is 5.75 Å². The van der Waals surface area contributed by atoms with E-state index in [4.69, 9.17) is 8.92 Å². The number of unbranched alkanes of at least 4 members (excludes halogenated alkanes) is 1. The van der Waals surface area contributed by atoms with E-state index in [2.05, 4.69) is 0 Å². The summed E-state index contributed by atoms with van der Waals surface area (Å²) in [6.45, 7) is 2.38. The largest absolute Gasteiger partial charge is 0.462 e. The zero-order valence-corrected chi connectivity index (χ0v) is 12.6. The van der Waals surface area contributed by atoms with Crippen molar-refractivity contribution in [1.29, 1.82) is 0 Å². The molecule has 0 fully saturated rings. The van der Waals surface area contributed by atoms with Gasteiger partial charge in [0.15, 0.2) is 0 Å². The number of esters is 1. The molecule has 7 heteroatoms. The number of ether oxygens (including phenoxy) is 1. The van der Waals surface area contributed by atoms with E-state index >= 15 is 0 Å². The van der Waals surface area contributed by atoms with E-state index in [0.717, 1.165) is 17.1 Å². The van der Waals surface area contributed by atoms with Gasteiger partial charge < -0.3 is 8.92 Å². The average Bonchev–Trinajstić information content (AvgIpc) is 2.39. The summed E-state index contributed by atoms with van der Waals surface area (Å²) < 4.78 is 33.9. The van der Waals surface area contributed by atoms with Crippen LogP contribution < -0.4 is 4.18 Å². The summed E-state index contributed by atoms with van der Waals surface area (Å²) in [5, 5.41) is 0. The van der Waals surface area contributed by atoms with Crippen molar-refractivity contribution in [3.8, 4) is 5.75 Å². The number of hydrogen-bond acceptors (Lipinski definition) is 5. The quantitative estimate of drug-likeness (QED) is 0.567. The second-order valence-corrected chi connectivity index (χ2v) is 6.09. The van der Waals surface area contributed by atoms with Crippen molar-refractivity contribution in [2.45, 2.75) is 19.8 Å². The molecule has 1 aromatic rings. The van der Waals surface area contributed by atoms with E-state index in [1.165, 1.54) is 38.4 Å². The number of carbonyl (C=O) groups is 1. The molecule has 1 aromatic carbocycles. The third-order valence-electron chi connectivity index (χ3n) is 2.47. The molecule has 0 bridgehead atoms. The molecule has 0 amide bonds. The number of hydrogen-bond donors (Lipinski definition) is 0. The molecule has 0 heterocycles. The minimum atomic E-state index is -3.78. The maximum absolute atomic E-state index is 11.6. The zero-order chi connectivity index (χ0) is 15.2. The molecule has 0 unspecified atom stereocenters. The third-order valence-corrected chi connectivity index (χ3v) is 3.77. The molecule has 0 N–H and O–H groups in total. The van der Waals surface area contributed by atoms with Crippen LogP contribution in [0.25, 0.3) is 0 Å². The summed E-state index contributed by atoms with van der Waals surface area (Å²) in [4.78, 5) is 11.6. The monoisotopic (exact) mass is 301 g/mol. The Labute approximate surface area is 119 Å². The standard InChI is InChI=1S/C13H19NO5S/c1-4-5-10-18-13(15)11-6-8-12(9-7-11)19-20(16,17)14(2)3/h6-9H,4-5,10H2,1-3H3. The average molecular weight is 301 g/mol. The summed E-state index contributed by atoms with van der Waals surface area (Å²) in [5.41, 5.74) is 0.357. The highest BCUT2D eigenvalue weighted by molar-refractivity contribution is 7.84. The van der Waals surface area contributed by atoms with Crippen LogP contribution in [0.1, 0.15) is 30.1 Å². The van der Waals surface area contributed by atoms with Gasteiger partial charge in [0.25, 0.3) is 0 Å². The first-order chi connectivity index (χ1) is 9.36. The van der Waals surface area contributed by atoms with E-state index < -0.39 is 16.3 Å². The van der Waals surface area contributed by atoms with Gasteiger partial charge in [-0.2, -0.15) is 12.7 Å². The molecule has 112 valence electrons. The molecule has 0 atom stereocenters.